The standard InChI is InChI=1S/C15H19N5O/c1-17-15(21)13-6-7-20(19-13)14-11(9-16)8-10-4-2-3-5-12(10)18-14/h6-8H,2-5,9,16H2,1H3,(H,17,21). The van der Waals surface area contributed by atoms with Gasteiger partial charge in [-0.2, -0.15) is 5.10 Å². The summed E-state index contributed by atoms with van der Waals surface area (Å²) >= 11 is 0. The third-order valence-electron chi connectivity index (χ3n) is 3.84. The van der Waals surface area contributed by atoms with Crippen LogP contribution in [-0.4, -0.2) is 27.7 Å². The summed E-state index contributed by atoms with van der Waals surface area (Å²) in [5, 5.41) is 6.86. The summed E-state index contributed by atoms with van der Waals surface area (Å²) in [5.41, 5.74) is 9.61. The number of carbonyl (C=O) groups excluding carboxylic acids is 1. The Morgan fingerprint density at radius 3 is 3.00 bits per heavy atom. The molecule has 0 bridgehead atoms. The van der Waals surface area contributed by atoms with Gasteiger partial charge in [-0.3, -0.25) is 4.79 Å². The van der Waals surface area contributed by atoms with Gasteiger partial charge in [0.05, 0.1) is 0 Å². The lowest BCUT2D eigenvalue weighted by molar-refractivity contribution is 0.0957. The normalized spacial score (nSPS) is 13.8. The number of carbonyl (C=O) groups is 1. The molecular weight excluding hydrogens is 266 g/mol. The minimum Gasteiger partial charge on any atom is -0.354 e. The molecule has 0 spiro atoms. The molecule has 1 amide bonds. The average Bonchev–Trinajstić information content (AvgIpc) is 3.02. The van der Waals surface area contributed by atoms with Crippen LogP contribution in [0.5, 0.6) is 0 Å². The van der Waals surface area contributed by atoms with Crippen LogP contribution in [0.25, 0.3) is 5.82 Å². The van der Waals surface area contributed by atoms with Crippen LogP contribution in [0.1, 0.15) is 40.2 Å². The Labute approximate surface area is 123 Å². The zero-order valence-corrected chi connectivity index (χ0v) is 12.1. The van der Waals surface area contributed by atoms with Gasteiger partial charge in [-0.25, -0.2) is 9.67 Å². The molecule has 2 heterocycles. The first-order valence-electron chi connectivity index (χ1n) is 7.23. The summed E-state index contributed by atoms with van der Waals surface area (Å²) in [4.78, 5) is 16.4. The van der Waals surface area contributed by atoms with Crippen LogP contribution in [-0.2, 0) is 19.4 Å². The van der Waals surface area contributed by atoms with Gasteiger partial charge >= 0.3 is 0 Å². The molecule has 2 aromatic rings. The number of nitrogens with two attached hydrogens (primary N) is 1. The maximum absolute atomic E-state index is 11.6. The Hall–Kier alpha value is -2.21. The van der Waals surface area contributed by atoms with E-state index in [1.165, 1.54) is 18.4 Å². The number of aromatic nitrogens is 3. The zero-order chi connectivity index (χ0) is 14.8. The SMILES string of the molecule is CNC(=O)c1ccn(-c2nc3c(cc2CN)CCCC3)n1. The van der Waals surface area contributed by atoms with Crippen molar-refractivity contribution in [1.82, 2.24) is 20.1 Å². The number of hydrogen-bond acceptors (Lipinski definition) is 4. The smallest absolute Gasteiger partial charge is 0.271 e. The molecule has 0 unspecified atom stereocenters. The molecule has 110 valence electrons. The summed E-state index contributed by atoms with van der Waals surface area (Å²) < 4.78 is 1.64. The van der Waals surface area contributed by atoms with Gasteiger partial charge in [-0.05, 0) is 43.4 Å². The topological polar surface area (TPSA) is 85.8 Å². The van der Waals surface area contributed by atoms with E-state index in [2.05, 4.69) is 16.5 Å². The van der Waals surface area contributed by atoms with Crippen molar-refractivity contribution in [2.45, 2.75) is 32.2 Å². The van der Waals surface area contributed by atoms with Gasteiger partial charge in [-0.1, -0.05) is 0 Å². The second kappa shape index (κ2) is 5.65. The number of aryl methyl sites for hydroxylation is 2. The van der Waals surface area contributed by atoms with Crippen LogP contribution in [0.2, 0.25) is 0 Å². The van der Waals surface area contributed by atoms with E-state index in [-0.39, 0.29) is 5.91 Å². The number of rotatable bonds is 3. The Morgan fingerprint density at radius 2 is 2.24 bits per heavy atom. The van der Waals surface area contributed by atoms with Gasteiger partial charge in [0.25, 0.3) is 5.91 Å². The van der Waals surface area contributed by atoms with Gasteiger partial charge < -0.3 is 11.1 Å². The molecule has 0 saturated carbocycles. The lowest BCUT2D eigenvalue weighted by atomic mass is 9.95. The molecule has 6 heteroatoms. The van der Waals surface area contributed by atoms with E-state index >= 15 is 0 Å². The molecule has 1 aliphatic carbocycles. The number of pyridine rings is 1. The number of hydrogen-bond donors (Lipinski definition) is 2. The minimum atomic E-state index is -0.207. The Bertz CT molecular complexity index is 677. The molecule has 2 aromatic heterocycles. The Balaban J connectivity index is 2.04. The van der Waals surface area contributed by atoms with Crippen molar-refractivity contribution in [3.05, 3.63) is 40.8 Å². The highest BCUT2D eigenvalue weighted by molar-refractivity contribution is 5.91. The number of nitrogens with one attached hydrogen (secondary N) is 1. The lowest BCUT2D eigenvalue weighted by Crippen LogP contribution is -2.19. The first kappa shape index (κ1) is 13.8. The van der Waals surface area contributed by atoms with Gasteiger partial charge in [0.1, 0.15) is 0 Å². The van der Waals surface area contributed by atoms with Gasteiger partial charge in [0.2, 0.25) is 0 Å². The monoisotopic (exact) mass is 285 g/mol. The minimum absolute atomic E-state index is 0.207. The maximum Gasteiger partial charge on any atom is 0.271 e. The van der Waals surface area contributed by atoms with E-state index in [9.17, 15) is 4.79 Å². The summed E-state index contributed by atoms with van der Waals surface area (Å²) in [5.74, 6) is 0.523. The fourth-order valence-electron chi connectivity index (χ4n) is 2.71. The third kappa shape index (κ3) is 2.54. The van der Waals surface area contributed by atoms with Crippen molar-refractivity contribution in [2.75, 3.05) is 7.05 Å². The Morgan fingerprint density at radius 1 is 1.43 bits per heavy atom. The van der Waals surface area contributed by atoms with E-state index < -0.39 is 0 Å². The Kier molecular flexibility index (Phi) is 3.70. The third-order valence-corrected chi connectivity index (χ3v) is 3.84. The van der Waals surface area contributed by atoms with Gasteiger partial charge in [0, 0.05) is 31.0 Å². The summed E-state index contributed by atoms with van der Waals surface area (Å²) in [6.45, 7) is 0.408. The fourth-order valence-corrected chi connectivity index (χ4v) is 2.71. The highest BCUT2D eigenvalue weighted by atomic mass is 16.1. The molecule has 21 heavy (non-hydrogen) atoms. The second-order valence-corrected chi connectivity index (χ2v) is 5.21. The highest BCUT2D eigenvalue weighted by Gasteiger charge is 2.17. The molecular formula is C15H19N5O. The zero-order valence-electron chi connectivity index (χ0n) is 12.1. The van der Waals surface area contributed by atoms with Crippen molar-refractivity contribution in [2.24, 2.45) is 5.73 Å². The van der Waals surface area contributed by atoms with Crippen LogP contribution in [0.3, 0.4) is 0 Å². The number of nitrogens with zero attached hydrogens (tertiary/aromatic N) is 3. The van der Waals surface area contributed by atoms with Crippen molar-refractivity contribution in [3.63, 3.8) is 0 Å². The van der Waals surface area contributed by atoms with Crippen molar-refractivity contribution >= 4 is 5.91 Å². The molecule has 0 aliphatic heterocycles. The molecule has 1 aliphatic rings. The second-order valence-electron chi connectivity index (χ2n) is 5.21. The largest absolute Gasteiger partial charge is 0.354 e. The molecule has 0 saturated heterocycles. The van der Waals surface area contributed by atoms with Crippen LogP contribution in [0.4, 0.5) is 0 Å². The van der Waals surface area contributed by atoms with Gasteiger partial charge in [-0.15, -0.1) is 0 Å². The first-order valence-corrected chi connectivity index (χ1v) is 7.23. The highest BCUT2D eigenvalue weighted by Crippen LogP contribution is 2.23. The molecule has 3 N–H and O–H groups in total. The van der Waals surface area contributed by atoms with Gasteiger partial charge in [0.15, 0.2) is 11.5 Å². The first-order chi connectivity index (χ1) is 10.2. The molecule has 0 aromatic carbocycles. The van der Waals surface area contributed by atoms with Crippen LogP contribution < -0.4 is 11.1 Å². The lowest BCUT2D eigenvalue weighted by Gasteiger charge is -2.18. The summed E-state index contributed by atoms with van der Waals surface area (Å²) in [6, 6.07) is 3.82. The quantitative estimate of drug-likeness (QED) is 0.879. The van der Waals surface area contributed by atoms with Crippen LogP contribution in [0, 0.1) is 0 Å². The van der Waals surface area contributed by atoms with E-state index in [1.54, 1.807) is 24.0 Å². The fraction of sp³-hybridized carbons (Fsp3) is 0.400. The molecule has 3 rings (SSSR count). The predicted molar refractivity (Wildman–Crippen MR) is 79.3 cm³/mol. The van der Waals surface area contributed by atoms with Crippen LogP contribution >= 0.6 is 0 Å². The molecule has 6 nitrogen and oxygen atoms in total. The molecule has 0 atom stereocenters. The molecule has 0 radical (unpaired) electrons. The number of fused-ring (bicyclic) bond motifs is 1. The summed E-state index contributed by atoms with van der Waals surface area (Å²) in [7, 11) is 1.59. The van der Waals surface area contributed by atoms with Crippen LogP contribution in [0.15, 0.2) is 18.3 Å². The number of amides is 1. The van der Waals surface area contributed by atoms with Crippen molar-refractivity contribution in [3.8, 4) is 5.82 Å². The predicted octanol–water partition coefficient (Wildman–Crippen LogP) is 0.964. The average molecular weight is 285 g/mol. The van der Waals surface area contributed by atoms with E-state index in [4.69, 9.17) is 10.7 Å². The summed E-state index contributed by atoms with van der Waals surface area (Å²) in [6.07, 6.45) is 6.20. The van der Waals surface area contributed by atoms with E-state index in [0.29, 0.717) is 12.2 Å². The van der Waals surface area contributed by atoms with Crippen molar-refractivity contribution < 1.29 is 4.79 Å². The van der Waals surface area contributed by atoms with E-state index in [0.717, 1.165) is 29.9 Å². The van der Waals surface area contributed by atoms with E-state index in [1.807, 2.05) is 0 Å². The van der Waals surface area contributed by atoms with Crippen molar-refractivity contribution in [1.29, 1.82) is 0 Å². The maximum atomic E-state index is 11.6. The molecule has 0 fully saturated rings.